The molecule has 1 saturated heterocycles. The van der Waals surface area contributed by atoms with E-state index in [4.69, 9.17) is 9.47 Å². The van der Waals surface area contributed by atoms with Crippen molar-refractivity contribution in [1.82, 2.24) is 5.32 Å². The first-order valence-electron chi connectivity index (χ1n) is 8.14. The van der Waals surface area contributed by atoms with Gasteiger partial charge in [-0.15, -0.1) is 0 Å². The largest absolute Gasteiger partial charge is 0.381 e. The fraction of sp³-hybridized carbons (Fsp3) is 0.667. The minimum Gasteiger partial charge on any atom is -0.381 e. The number of ether oxygens (including phenoxy) is 2. The predicted molar refractivity (Wildman–Crippen MR) is 84.7 cm³/mol. The van der Waals surface area contributed by atoms with Crippen LogP contribution >= 0.6 is 0 Å². The van der Waals surface area contributed by atoms with Gasteiger partial charge in [0, 0.05) is 45.8 Å². The maximum absolute atomic E-state index is 5.79. The van der Waals surface area contributed by atoms with Crippen molar-refractivity contribution in [2.24, 2.45) is 0 Å². The van der Waals surface area contributed by atoms with E-state index >= 15 is 0 Å². The zero-order chi connectivity index (χ0) is 14.7. The van der Waals surface area contributed by atoms with Crippen LogP contribution in [-0.4, -0.2) is 38.5 Å². The fourth-order valence-corrected chi connectivity index (χ4v) is 3.61. The number of nitrogens with one attached hydrogen (secondary N) is 1. The van der Waals surface area contributed by atoms with Crippen molar-refractivity contribution in [3.63, 3.8) is 0 Å². The van der Waals surface area contributed by atoms with Gasteiger partial charge in [-0.05, 0) is 36.8 Å². The maximum atomic E-state index is 5.79. The molecule has 3 nitrogen and oxygen atoms in total. The Hall–Kier alpha value is -0.900. The minimum absolute atomic E-state index is 0.00794. The summed E-state index contributed by atoms with van der Waals surface area (Å²) in [6.07, 6.45) is 4.51. The molecule has 0 unspecified atom stereocenters. The zero-order valence-corrected chi connectivity index (χ0v) is 13.2. The third-order valence-corrected chi connectivity index (χ3v) is 5.32. The van der Waals surface area contributed by atoms with Crippen LogP contribution in [0.3, 0.4) is 0 Å². The molecule has 2 aliphatic rings. The average Bonchev–Trinajstić information content (AvgIpc) is 2.48. The van der Waals surface area contributed by atoms with Crippen molar-refractivity contribution in [2.45, 2.75) is 50.2 Å². The lowest BCUT2D eigenvalue weighted by Crippen LogP contribution is -2.51. The summed E-state index contributed by atoms with van der Waals surface area (Å²) in [5.41, 5.74) is 2.95. The molecule has 0 atom stereocenters. The molecule has 21 heavy (non-hydrogen) atoms. The molecule has 0 bridgehead atoms. The van der Waals surface area contributed by atoms with Gasteiger partial charge in [-0.1, -0.05) is 24.3 Å². The van der Waals surface area contributed by atoms with Crippen LogP contribution in [0.25, 0.3) is 0 Å². The van der Waals surface area contributed by atoms with E-state index in [-0.39, 0.29) is 5.60 Å². The predicted octanol–water partition coefficient (Wildman–Crippen LogP) is 3.03. The van der Waals surface area contributed by atoms with Crippen LogP contribution in [0.2, 0.25) is 0 Å². The Kier molecular flexibility index (Phi) is 4.63. The van der Waals surface area contributed by atoms with Crippen molar-refractivity contribution in [3.05, 3.63) is 35.4 Å². The summed E-state index contributed by atoms with van der Waals surface area (Å²) in [7, 11) is 1.84. The average molecular weight is 289 g/mol. The van der Waals surface area contributed by atoms with Gasteiger partial charge in [0.25, 0.3) is 0 Å². The van der Waals surface area contributed by atoms with E-state index < -0.39 is 0 Å². The molecule has 1 aliphatic heterocycles. The van der Waals surface area contributed by atoms with E-state index in [9.17, 15) is 0 Å². The molecular formula is C18H27NO2. The molecule has 0 radical (unpaired) electrons. The second-order valence-electron chi connectivity index (χ2n) is 6.60. The van der Waals surface area contributed by atoms with Crippen LogP contribution in [0.4, 0.5) is 0 Å². The highest BCUT2D eigenvalue weighted by Gasteiger charge is 2.36. The molecule has 1 N–H and O–H groups in total. The molecule has 1 heterocycles. The van der Waals surface area contributed by atoms with E-state index in [0.717, 1.165) is 38.5 Å². The van der Waals surface area contributed by atoms with E-state index in [2.05, 4.69) is 36.5 Å². The van der Waals surface area contributed by atoms with E-state index in [0.29, 0.717) is 6.04 Å². The molecule has 2 fully saturated rings. The number of rotatable bonds is 5. The van der Waals surface area contributed by atoms with Crippen molar-refractivity contribution >= 4 is 0 Å². The second-order valence-corrected chi connectivity index (χ2v) is 6.60. The van der Waals surface area contributed by atoms with Crippen LogP contribution in [-0.2, 0) is 9.47 Å². The summed E-state index contributed by atoms with van der Waals surface area (Å²) < 4.78 is 11.2. The quantitative estimate of drug-likeness (QED) is 0.904. The summed E-state index contributed by atoms with van der Waals surface area (Å²) in [6, 6.07) is 9.43. The van der Waals surface area contributed by atoms with Crippen LogP contribution in [0.5, 0.6) is 0 Å². The van der Waals surface area contributed by atoms with Crippen LogP contribution in [0.1, 0.15) is 42.7 Å². The van der Waals surface area contributed by atoms with Crippen molar-refractivity contribution in [3.8, 4) is 0 Å². The van der Waals surface area contributed by atoms with Crippen molar-refractivity contribution in [2.75, 3.05) is 26.9 Å². The van der Waals surface area contributed by atoms with E-state index in [1.165, 1.54) is 24.0 Å². The van der Waals surface area contributed by atoms with Gasteiger partial charge < -0.3 is 14.8 Å². The standard InChI is InChI=1S/C18H27NO2/c1-14-5-3-4-6-17(14)15-11-16(12-15)19-13-18(20-2)7-9-21-10-8-18/h3-6,15-16,19H,7-13H2,1-2H3. The van der Waals surface area contributed by atoms with Gasteiger partial charge in [0.05, 0.1) is 5.60 Å². The highest BCUT2D eigenvalue weighted by atomic mass is 16.5. The van der Waals surface area contributed by atoms with Crippen molar-refractivity contribution < 1.29 is 9.47 Å². The van der Waals surface area contributed by atoms with E-state index in [1.54, 1.807) is 0 Å². The lowest BCUT2D eigenvalue weighted by Gasteiger charge is -2.41. The molecule has 0 aromatic heterocycles. The minimum atomic E-state index is -0.00794. The summed E-state index contributed by atoms with van der Waals surface area (Å²) in [4.78, 5) is 0. The summed E-state index contributed by atoms with van der Waals surface area (Å²) >= 11 is 0. The molecule has 0 spiro atoms. The molecule has 3 heteroatoms. The first-order chi connectivity index (χ1) is 10.2. The van der Waals surface area contributed by atoms with Gasteiger partial charge in [-0.2, -0.15) is 0 Å². The second kappa shape index (κ2) is 6.47. The normalized spacial score (nSPS) is 28.1. The van der Waals surface area contributed by atoms with Crippen LogP contribution < -0.4 is 5.32 Å². The number of hydrogen-bond acceptors (Lipinski definition) is 3. The van der Waals surface area contributed by atoms with Crippen molar-refractivity contribution in [1.29, 1.82) is 0 Å². The van der Waals surface area contributed by atoms with Gasteiger partial charge in [0.15, 0.2) is 0 Å². The third kappa shape index (κ3) is 3.31. The highest BCUT2D eigenvalue weighted by Crippen LogP contribution is 2.38. The molecule has 1 saturated carbocycles. The Morgan fingerprint density at radius 3 is 2.62 bits per heavy atom. The Morgan fingerprint density at radius 1 is 1.24 bits per heavy atom. The van der Waals surface area contributed by atoms with Crippen LogP contribution in [0.15, 0.2) is 24.3 Å². The molecule has 116 valence electrons. The lowest BCUT2D eigenvalue weighted by atomic mass is 9.74. The van der Waals surface area contributed by atoms with Gasteiger partial charge in [0.1, 0.15) is 0 Å². The fourth-order valence-electron chi connectivity index (χ4n) is 3.61. The van der Waals surface area contributed by atoms with Gasteiger partial charge in [-0.25, -0.2) is 0 Å². The Morgan fingerprint density at radius 2 is 1.95 bits per heavy atom. The van der Waals surface area contributed by atoms with Gasteiger partial charge >= 0.3 is 0 Å². The van der Waals surface area contributed by atoms with Gasteiger partial charge in [0.2, 0.25) is 0 Å². The van der Waals surface area contributed by atoms with Crippen LogP contribution in [0, 0.1) is 6.92 Å². The van der Waals surface area contributed by atoms with Gasteiger partial charge in [-0.3, -0.25) is 0 Å². The Labute approximate surface area is 128 Å². The molecule has 1 aliphatic carbocycles. The summed E-state index contributed by atoms with van der Waals surface area (Å²) in [5, 5.41) is 3.72. The molecule has 0 amide bonds. The Balaban J connectivity index is 1.48. The smallest absolute Gasteiger partial charge is 0.0846 e. The summed E-state index contributed by atoms with van der Waals surface area (Å²) in [6.45, 7) is 4.83. The number of benzene rings is 1. The zero-order valence-electron chi connectivity index (χ0n) is 13.2. The highest BCUT2D eigenvalue weighted by molar-refractivity contribution is 5.31. The van der Waals surface area contributed by atoms with E-state index in [1.807, 2.05) is 7.11 Å². The number of hydrogen-bond donors (Lipinski definition) is 1. The number of aryl methyl sites for hydroxylation is 1. The first-order valence-corrected chi connectivity index (χ1v) is 8.14. The number of methoxy groups -OCH3 is 1. The Bertz CT molecular complexity index is 462. The topological polar surface area (TPSA) is 30.5 Å². The summed E-state index contributed by atoms with van der Waals surface area (Å²) in [5.74, 6) is 0.733. The molecule has 1 aromatic rings. The molecule has 3 rings (SSSR count). The third-order valence-electron chi connectivity index (χ3n) is 5.32. The SMILES string of the molecule is COC1(CNC2CC(c3ccccc3C)C2)CCOCC1. The first kappa shape index (κ1) is 15.0. The maximum Gasteiger partial charge on any atom is 0.0846 e. The molecular weight excluding hydrogens is 262 g/mol. The molecule has 1 aromatic carbocycles. The lowest BCUT2D eigenvalue weighted by molar-refractivity contribution is -0.0897. The monoisotopic (exact) mass is 289 g/mol.